The van der Waals surface area contributed by atoms with Crippen molar-refractivity contribution < 1.29 is 9.53 Å². The van der Waals surface area contributed by atoms with E-state index in [9.17, 15) is 9.59 Å². The number of aromatic nitrogens is 3. The maximum Gasteiger partial charge on any atom is 0.263 e. The molecule has 5 rings (SSSR count). The van der Waals surface area contributed by atoms with E-state index in [0.717, 1.165) is 55.5 Å². The second kappa shape index (κ2) is 12.6. The van der Waals surface area contributed by atoms with Crippen LogP contribution in [0, 0.1) is 0 Å². The van der Waals surface area contributed by atoms with Gasteiger partial charge >= 0.3 is 0 Å². The summed E-state index contributed by atoms with van der Waals surface area (Å²) in [7, 11) is 1.76. The Morgan fingerprint density at radius 1 is 1.16 bits per heavy atom. The lowest BCUT2D eigenvalue weighted by Crippen LogP contribution is -2.43. The number of carbonyl (C=O) groups is 1. The van der Waals surface area contributed by atoms with Crippen molar-refractivity contribution in [3.8, 4) is 5.75 Å². The quantitative estimate of drug-likeness (QED) is 0.453. The van der Waals surface area contributed by atoms with Gasteiger partial charge in [0.25, 0.3) is 11.5 Å². The van der Waals surface area contributed by atoms with E-state index < -0.39 is 0 Å². The Hall–Kier alpha value is -2.14. The van der Waals surface area contributed by atoms with Gasteiger partial charge in [0.1, 0.15) is 0 Å². The van der Waals surface area contributed by atoms with Crippen LogP contribution in [-0.4, -0.2) is 57.6 Å². The Balaban J connectivity index is 0.00000190. The molecule has 13 heteroatoms. The van der Waals surface area contributed by atoms with Crippen LogP contribution in [-0.2, 0) is 24.8 Å². The van der Waals surface area contributed by atoms with E-state index >= 15 is 0 Å². The molecule has 0 atom stereocenters. The normalized spacial score (nSPS) is 15.8. The Labute approximate surface area is 236 Å². The molecule has 0 saturated carbocycles. The number of pyridine rings is 3. The first-order valence-corrected chi connectivity index (χ1v) is 12.4. The molecule has 0 bridgehead atoms. The number of nitrogens with zero attached hydrogens (tertiary/aromatic N) is 4. The highest BCUT2D eigenvalue weighted by Crippen LogP contribution is 2.31. The zero-order chi connectivity index (χ0) is 24.5. The molecule has 200 valence electrons. The molecular weight excluding hydrogens is 562 g/mol. The Morgan fingerprint density at radius 3 is 2.68 bits per heavy atom. The highest BCUT2D eigenvalue weighted by molar-refractivity contribution is 6.32. The van der Waals surface area contributed by atoms with Gasteiger partial charge in [-0.15, -0.1) is 24.8 Å². The van der Waals surface area contributed by atoms with Crippen molar-refractivity contribution in [1.29, 1.82) is 0 Å². The topological polar surface area (TPSA) is 101 Å². The molecule has 0 aliphatic carbocycles. The smallest absolute Gasteiger partial charge is 0.263 e. The van der Waals surface area contributed by atoms with Gasteiger partial charge in [-0.05, 0) is 44.0 Å². The Morgan fingerprint density at radius 2 is 1.92 bits per heavy atom. The van der Waals surface area contributed by atoms with Gasteiger partial charge in [-0.2, -0.15) is 0 Å². The van der Waals surface area contributed by atoms with Crippen molar-refractivity contribution in [2.24, 2.45) is 7.05 Å². The second-order valence-corrected chi connectivity index (χ2v) is 9.71. The third-order valence-electron chi connectivity index (χ3n) is 6.64. The SMILES string of the molecule is Cl.Cl.Cn1c(=O)ccc2ncc(Cl)c(CCN3CCC(NCc4nc5c(cc4Cl)OCC(=O)N5)CC3)c21. The first-order valence-electron chi connectivity index (χ1n) is 11.6. The minimum Gasteiger partial charge on any atom is -0.480 e. The van der Waals surface area contributed by atoms with E-state index in [4.69, 9.17) is 27.9 Å². The average molecular weight is 590 g/mol. The molecule has 0 radical (unpaired) electrons. The number of carbonyl (C=O) groups excluding carboxylic acids is 1. The molecule has 3 aromatic heterocycles. The molecule has 2 N–H and O–H groups in total. The highest BCUT2D eigenvalue weighted by Gasteiger charge is 2.22. The zero-order valence-electron chi connectivity index (χ0n) is 20.1. The number of likely N-dealkylation sites (tertiary alicyclic amines) is 1. The van der Waals surface area contributed by atoms with Crippen molar-refractivity contribution in [1.82, 2.24) is 24.8 Å². The van der Waals surface area contributed by atoms with Crippen molar-refractivity contribution in [3.05, 3.63) is 56.1 Å². The van der Waals surface area contributed by atoms with Gasteiger partial charge in [-0.3, -0.25) is 14.6 Å². The van der Waals surface area contributed by atoms with E-state index in [1.807, 2.05) is 0 Å². The molecular formula is C24H28Cl4N6O3. The standard InChI is InChI=1S/C24H26Cl2N6O3.2ClH/c1-31-22(34)3-2-18-23(31)15(17(26)11-28-18)6-9-32-7-4-14(5-8-32)27-12-19-16(25)10-20-24(29-19)30-21(33)13-35-20;;/h2-3,10-11,14,27H,4-9,12-13H2,1H3,(H,29,30,33);2*1H. The molecule has 0 unspecified atom stereocenters. The van der Waals surface area contributed by atoms with Crippen LogP contribution in [0.3, 0.4) is 0 Å². The van der Waals surface area contributed by atoms with Gasteiger partial charge in [-0.25, -0.2) is 4.98 Å². The molecule has 37 heavy (non-hydrogen) atoms. The summed E-state index contributed by atoms with van der Waals surface area (Å²) < 4.78 is 6.98. The predicted octanol–water partition coefficient (Wildman–Crippen LogP) is 3.61. The van der Waals surface area contributed by atoms with Crippen molar-refractivity contribution >= 4 is 70.8 Å². The molecule has 2 aliphatic heterocycles. The number of amides is 1. The van der Waals surface area contributed by atoms with Crippen LogP contribution in [0.15, 0.2) is 29.2 Å². The van der Waals surface area contributed by atoms with Crippen LogP contribution in [0.2, 0.25) is 10.0 Å². The highest BCUT2D eigenvalue weighted by atomic mass is 35.5. The van der Waals surface area contributed by atoms with Crippen molar-refractivity contribution in [2.45, 2.75) is 31.8 Å². The second-order valence-electron chi connectivity index (χ2n) is 8.90. The predicted molar refractivity (Wildman–Crippen MR) is 150 cm³/mol. The van der Waals surface area contributed by atoms with Gasteiger partial charge < -0.3 is 24.8 Å². The van der Waals surface area contributed by atoms with Crippen molar-refractivity contribution in [3.63, 3.8) is 0 Å². The number of piperidine rings is 1. The molecule has 1 saturated heterocycles. The lowest BCUT2D eigenvalue weighted by atomic mass is 10.0. The number of ether oxygens (including phenoxy) is 1. The first-order chi connectivity index (χ1) is 16.9. The van der Waals surface area contributed by atoms with E-state index in [2.05, 4.69) is 25.5 Å². The summed E-state index contributed by atoms with van der Waals surface area (Å²) in [5.41, 5.74) is 3.15. The average Bonchev–Trinajstić information content (AvgIpc) is 2.85. The summed E-state index contributed by atoms with van der Waals surface area (Å²) in [4.78, 5) is 35.0. The van der Waals surface area contributed by atoms with Crippen LogP contribution in [0.5, 0.6) is 5.75 Å². The number of fused-ring (bicyclic) bond motifs is 2. The van der Waals surface area contributed by atoms with Crippen LogP contribution in [0.1, 0.15) is 24.1 Å². The molecule has 1 fully saturated rings. The number of anilines is 1. The monoisotopic (exact) mass is 588 g/mol. The van der Waals surface area contributed by atoms with Gasteiger partial charge in [0.15, 0.2) is 18.2 Å². The fraction of sp³-hybridized carbons (Fsp3) is 0.417. The molecule has 9 nitrogen and oxygen atoms in total. The third-order valence-corrected chi connectivity index (χ3v) is 7.29. The van der Waals surface area contributed by atoms with Gasteiger partial charge in [-0.1, -0.05) is 23.2 Å². The van der Waals surface area contributed by atoms with E-state index in [-0.39, 0.29) is 42.9 Å². The third kappa shape index (κ3) is 6.47. The van der Waals surface area contributed by atoms with Crippen LogP contribution < -0.4 is 20.9 Å². The summed E-state index contributed by atoms with van der Waals surface area (Å²) in [5, 5.41) is 7.37. The van der Waals surface area contributed by atoms with E-state index in [1.54, 1.807) is 29.9 Å². The summed E-state index contributed by atoms with van der Waals surface area (Å²) in [6.07, 6.45) is 4.39. The summed E-state index contributed by atoms with van der Waals surface area (Å²) in [5.74, 6) is 0.688. The molecule has 5 heterocycles. The van der Waals surface area contributed by atoms with E-state index in [1.165, 1.54) is 6.07 Å². The lowest BCUT2D eigenvalue weighted by molar-refractivity contribution is -0.118. The van der Waals surface area contributed by atoms with Crippen LogP contribution in [0.4, 0.5) is 5.82 Å². The number of hydrogen-bond acceptors (Lipinski definition) is 7. The molecule has 1 amide bonds. The van der Waals surface area contributed by atoms with E-state index in [0.29, 0.717) is 39.9 Å². The van der Waals surface area contributed by atoms with Gasteiger partial charge in [0.2, 0.25) is 0 Å². The summed E-state index contributed by atoms with van der Waals surface area (Å²) in [6, 6.07) is 5.32. The largest absolute Gasteiger partial charge is 0.480 e. The molecule has 2 aliphatic rings. The fourth-order valence-corrected chi connectivity index (χ4v) is 5.10. The number of halogens is 4. The fourth-order valence-electron chi connectivity index (χ4n) is 4.66. The summed E-state index contributed by atoms with van der Waals surface area (Å²) >= 11 is 12.9. The summed E-state index contributed by atoms with van der Waals surface area (Å²) in [6.45, 7) is 3.24. The first kappa shape index (κ1) is 29.4. The zero-order valence-corrected chi connectivity index (χ0v) is 23.3. The Kier molecular flexibility index (Phi) is 10.0. The Bertz CT molecular complexity index is 1340. The maximum atomic E-state index is 12.1. The van der Waals surface area contributed by atoms with Gasteiger partial charge in [0, 0.05) is 44.5 Å². The van der Waals surface area contributed by atoms with Gasteiger partial charge in [0.05, 0.1) is 26.8 Å². The number of rotatable bonds is 6. The molecule has 0 spiro atoms. The minimum absolute atomic E-state index is 0. The minimum atomic E-state index is -0.220. The molecule has 3 aromatic rings. The number of nitrogens with one attached hydrogen (secondary N) is 2. The van der Waals surface area contributed by atoms with Crippen LogP contribution in [0.25, 0.3) is 11.0 Å². The lowest BCUT2D eigenvalue weighted by Gasteiger charge is -2.32. The molecule has 0 aromatic carbocycles. The number of hydrogen-bond donors (Lipinski definition) is 2. The van der Waals surface area contributed by atoms with Crippen molar-refractivity contribution in [2.75, 3.05) is 31.6 Å². The maximum absolute atomic E-state index is 12.1. The van der Waals surface area contributed by atoms with Crippen LogP contribution >= 0.6 is 48.0 Å². The number of aryl methyl sites for hydroxylation is 1.